The molecule has 0 bridgehead atoms. The maximum atomic E-state index is 5.66. The molecule has 2 aromatic rings. The number of aromatic amines is 1. The van der Waals surface area contributed by atoms with Gasteiger partial charge in [0.05, 0.1) is 6.33 Å². The Hall–Kier alpha value is -1.85. The minimum Gasteiger partial charge on any atom is -0.368 e. The lowest BCUT2D eigenvalue weighted by atomic mass is 9.88. The molecule has 4 N–H and O–H groups in total. The fourth-order valence-electron chi connectivity index (χ4n) is 1.38. The van der Waals surface area contributed by atoms with Crippen molar-refractivity contribution >= 4 is 22.9 Å². The van der Waals surface area contributed by atoms with Crippen LogP contribution in [0.2, 0.25) is 0 Å². The summed E-state index contributed by atoms with van der Waals surface area (Å²) in [5.74, 6) is 0.918. The Kier molecular flexibility index (Phi) is 2.65. The van der Waals surface area contributed by atoms with Crippen LogP contribution in [0, 0.1) is 5.41 Å². The van der Waals surface area contributed by atoms with Crippen LogP contribution in [0.3, 0.4) is 0 Å². The number of nitrogens with one attached hydrogen (secondary N) is 2. The van der Waals surface area contributed by atoms with Crippen LogP contribution in [-0.4, -0.2) is 26.0 Å². The topological polar surface area (TPSA) is 92.5 Å². The molecule has 2 rings (SSSR count). The van der Waals surface area contributed by atoms with Gasteiger partial charge in [-0.2, -0.15) is 9.97 Å². The fourth-order valence-corrected chi connectivity index (χ4v) is 1.38. The van der Waals surface area contributed by atoms with E-state index in [-0.39, 0.29) is 17.4 Å². The van der Waals surface area contributed by atoms with E-state index in [1.807, 2.05) is 0 Å². The molecule has 6 heteroatoms. The smallest absolute Gasteiger partial charge is 0.224 e. The highest BCUT2D eigenvalue weighted by Crippen LogP contribution is 2.25. The molecule has 0 saturated heterocycles. The van der Waals surface area contributed by atoms with Crippen molar-refractivity contribution in [3.63, 3.8) is 0 Å². The molecule has 0 amide bonds. The third kappa shape index (κ3) is 2.30. The molecule has 0 spiro atoms. The number of aromatic nitrogens is 4. The fraction of sp³-hybridized carbons (Fsp3) is 0.545. The zero-order chi connectivity index (χ0) is 12.6. The molecule has 17 heavy (non-hydrogen) atoms. The van der Waals surface area contributed by atoms with E-state index in [0.717, 1.165) is 5.52 Å². The zero-order valence-corrected chi connectivity index (χ0v) is 10.6. The van der Waals surface area contributed by atoms with Gasteiger partial charge in [-0.25, -0.2) is 4.98 Å². The van der Waals surface area contributed by atoms with Gasteiger partial charge >= 0.3 is 0 Å². The van der Waals surface area contributed by atoms with Gasteiger partial charge in [0.1, 0.15) is 5.52 Å². The Morgan fingerprint density at radius 3 is 2.71 bits per heavy atom. The van der Waals surface area contributed by atoms with Crippen LogP contribution in [0.4, 0.5) is 11.8 Å². The lowest BCUT2D eigenvalue weighted by Crippen LogP contribution is -2.31. The van der Waals surface area contributed by atoms with Crippen LogP contribution in [0.25, 0.3) is 11.2 Å². The second kappa shape index (κ2) is 3.87. The normalized spacial score (nSPS) is 13.9. The van der Waals surface area contributed by atoms with Crippen molar-refractivity contribution in [1.29, 1.82) is 0 Å². The van der Waals surface area contributed by atoms with Crippen molar-refractivity contribution < 1.29 is 0 Å². The molecule has 0 aromatic carbocycles. The molecule has 1 atom stereocenters. The molecule has 0 saturated carbocycles. The summed E-state index contributed by atoms with van der Waals surface area (Å²) < 4.78 is 0. The molecule has 2 heterocycles. The summed E-state index contributed by atoms with van der Waals surface area (Å²) >= 11 is 0. The monoisotopic (exact) mass is 234 g/mol. The van der Waals surface area contributed by atoms with Crippen molar-refractivity contribution in [3.8, 4) is 0 Å². The van der Waals surface area contributed by atoms with Gasteiger partial charge in [0.15, 0.2) is 11.5 Å². The highest BCUT2D eigenvalue weighted by molar-refractivity contribution is 5.83. The van der Waals surface area contributed by atoms with Gasteiger partial charge in [0.25, 0.3) is 0 Å². The summed E-state index contributed by atoms with van der Waals surface area (Å²) in [6, 6.07) is 0.247. The van der Waals surface area contributed by atoms with E-state index in [0.29, 0.717) is 11.5 Å². The first-order valence-electron chi connectivity index (χ1n) is 5.61. The van der Waals surface area contributed by atoms with Crippen molar-refractivity contribution in [2.45, 2.75) is 33.7 Å². The Morgan fingerprint density at radius 2 is 2.06 bits per heavy atom. The first-order valence-corrected chi connectivity index (χ1v) is 5.61. The number of hydrogen-bond donors (Lipinski definition) is 3. The Balaban J connectivity index is 2.38. The van der Waals surface area contributed by atoms with E-state index >= 15 is 0 Å². The van der Waals surface area contributed by atoms with Crippen molar-refractivity contribution in [2.24, 2.45) is 5.41 Å². The Labute approximate surface area is 100 Å². The lowest BCUT2D eigenvalue weighted by Gasteiger charge is -2.28. The quantitative estimate of drug-likeness (QED) is 0.736. The van der Waals surface area contributed by atoms with E-state index in [9.17, 15) is 0 Å². The lowest BCUT2D eigenvalue weighted by molar-refractivity contribution is 0.359. The predicted octanol–water partition coefficient (Wildman–Crippen LogP) is 1.78. The van der Waals surface area contributed by atoms with Gasteiger partial charge in [-0.05, 0) is 12.3 Å². The first kappa shape index (κ1) is 11.6. The molecule has 6 nitrogen and oxygen atoms in total. The number of imidazole rings is 1. The molecule has 92 valence electrons. The number of fused-ring (bicyclic) bond motifs is 1. The van der Waals surface area contributed by atoms with E-state index in [4.69, 9.17) is 5.73 Å². The number of nitrogens with zero attached hydrogens (tertiary/aromatic N) is 3. The van der Waals surface area contributed by atoms with Crippen LogP contribution < -0.4 is 11.1 Å². The molecular formula is C11H18N6. The molecule has 0 fully saturated rings. The summed E-state index contributed by atoms with van der Waals surface area (Å²) in [4.78, 5) is 15.4. The van der Waals surface area contributed by atoms with Gasteiger partial charge in [-0.3, -0.25) is 0 Å². The van der Waals surface area contributed by atoms with Crippen molar-refractivity contribution in [3.05, 3.63) is 6.33 Å². The Morgan fingerprint density at radius 1 is 1.35 bits per heavy atom. The van der Waals surface area contributed by atoms with Gasteiger partial charge in [0, 0.05) is 6.04 Å². The highest BCUT2D eigenvalue weighted by Gasteiger charge is 2.21. The van der Waals surface area contributed by atoms with E-state index in [1.54, 1.807) is 6.33 Å². The van der Waals surface area contributed by atoms with Crippen LogP contribution in [0.5, 0.6) is 0 Å². The predicted molar refractivity (Wildman–Crippen MR) is 68.6 cm³/mol. The second-order valence-corrected chi connectivity index (χ2v) is 5.26. The number of nitrogens with two attached hydrogens (primary N) is 1. The average Bonchev–Trinajstić information content (AvgIpc) is 2.63. The van der Waals surface area contributed by atoms with Crippen molar-refractivity contribution in [1.82, 2.24) is 19.9 Å². The molecule has 0 radical (unpaired) electrons. The van der Waals surface area contributed by atoms with E-state index in [1.165, 1.54) is 0 Å². The summed E-state index contributed by atoms with van der Waals surface area (Å²) in [6.07, 6.45) is 1.59. The third-order valence-electron chi connectivity index (χ3n) is 2.95. The number of nitrogen functional groups attached to an aromatic ring is 1. The number of rotatable bonds is 2. The standard InChI is InChI=1S/C11H18N6/c1-6(11(2,3)4)15-9-7-8(14-5-13-7)16-10(12)17-9/h5-6H,1-4H3,(H4,12,13,14,15,16,17). The highest BCUT2D eigenvalue weighted by atomic mass is 15.1. The van der Waals surface area contributed by atoms with Crippen LogP contribution in [0.15, 0.2) is 6.33 Å². The molecule has 0 aliphatic rings. The molecule has 1 unspecified atom stereocenters. The number of hydrogen-bond acceptors (Lipinski definition) is 5. The van der Waals surface area contributed by atoms with Crippen molar-refractivity contribution in [2.75, 3.05) is 11.1 Å². The van der Waals surface area contributed by atoms with Gasteiger partial charge in [-0.1, -0.05) is 20.8 Å². The average molecular weight is 234 g/mol. The Bertz CT molecular complexity index is 524. The molecule has 0 aliphatic heterocycles. The van der Waals surface area contributed by atoms with E-state index < -0.39 is 0 Å². The molecule has 0 aliphatic carbocycles. The van der Waals surface area contributed by atoms with E-state index in [2.05, 4.69) is 52.9 Å². The third-order valence-corrected chi connectivity index (χ3v) is 2.95. The molecular weight excluding hydrogens is 216 g/mol. The second-order valence-electron chi connectivity index (χ2n) is 5.26. The van der Waals surface area contributed by atoms with Gasteiger partial charge in [0.2, 0.25) is 5.95 Å². The van der Waals surface area contributed by atoms with Crippen LogP contribution >= 0.6 is 0 Å². The summed E-state index contributed by atoms with van der Waals surface area (Å²) in [7, 11) is 0. The van der Waals surface area contributed by atoms with Gasteiger partial charge in [-0.15, -0.1) is 0 Å². The summed E-state index contributed by atoms with van der Waals surface area (Å²) in [6.45, 7) is 8.60. The minimum absolute atomic E-state index is 0.127. The molecule has 2 aromatic heterocycles. The van der Waals surface area contributed by atoms with Crippen LogP contribution in [0.1, 0.15) is 27.7 Å². The first-order chi connectivity index (χ1) is 7.88. The SMILES string of the molecule is CC(Nc1nc(N)nc2[nH]cnc12)C(C)(C)C. The number of H-pyrrole nitrogens is 1. The maximum absolute atomic E-state index is 5.66. The summed E-state index contributed by atoms with van der Waals surface area (Å²) in [5, 5.41) is 3.34. The van der Waals surface area contributed by atoms with Gasteiger partial charge < -0.3 is 16.0 Å². The maximum Gasteiger partial charge on any atom is 0.224 e. The largest absolute Gasteiger partial charge is 0.368 e. The summed E-state index contributed by atoms with van der Waals surface area (Å²) in [5.41, 5.74) is 7.16. The minimum atomic E-state index is 0.127. The van der Waals surface area contributed by atoms with Crippen LogP contribution in [-0.2, 0) is 0 Å². The zero-order valence-electron chi connectivity index (χ0n) is 10.6. The number of anilines is 2.